The van der Waals surface area contributed by atoms with E-state index in [0.717, 1.165) is 43.6 Å². The summed E-state index contributed by atoms with van der Waals surface area (Å²) in [6.45, 7) is 5.37. The topological polar surface area (TPSA) is 38.8 Å². The molecule has 3 rings (SSSR count). The van der Waals surface area contributed by atoms with E-state index in [9.17, 15) is 13.6 Å². The molecule has 0 unspecified atom stereocenters. The lowest BCUT2D eigenvalue weighted by atomic mass is 9.93. The van der Waals surface area contributed by atoms with Crippen molar-refractivity contribution in [2.45, 2.75) is 32.3 Å². The number of benzene rings is 2. The summed E-state index contributed by atoms with van der Waals surface area (Å²) in [7, 11) is 0. The van der Waals surface area contributed by atoms with Crippen LogP contribution in [0.25, 0.3) is 0 Å². The van der Waals surface area contributed by atoms with E-state index in [1.165, 1.54) is 24.3 Å². The van der Waals surface area contributed by atoms with Gasteiger partial charge in [0.25, 0.3) is 0 Å². The zero-order chi connectivity index (χ0) is 21.3. The molecule has 6 heteroatoms. The molecule has 0 amide bonds. The summed E-state index contributed by atoms with van der Waals surface area (Å²) in [6.07, 6.45) is 2.05. The molecule has 4 nitrogen and oxygen atoms in total. The van der Waals surface area contributed by atoms with Crippen LogP contribution in [0.1, 0.15) is 43.4 Å². The Morgan fingerprint density at radius 1 is 1.00 bits per heavy atom. The maximum Gasteiger partial charge on any atom is 0.306 e. The Hall–Kier alpha value is -2.31. The van der Waals surface area contributed by atoms with Crippen LogP contribution < -0.4 is 0 Å². The molecule has 0 saturated carbocycles. The Morgan fingerprint density at radius 2 is 1.53 bits per heavy atom. The number of hydrogen-bond donors (Lipinski definition) is 0. The number of hydrogen-bond acceptors (Lipinski definition) is 4. The molecule has 1 saturated heterocycles. The maximum atomic E-state index is 13.3. The number of esters is 1. The van der Waals surface area contributed by atoms with Crippen molar-refractivity contribution in [1.29, 1.82) is 0 Å². The van der Waals surface area contributed by atoms with E-state index < -0.39 is 0 Å². The van der Waals surface area contributed by atoms with Crippen molar-refractivity contribution in [1.82, 2.24) is 4.90 Å². The first kappa shape index (κ1) is 22.4. The van der Waals surface area contributed by atoms with Crippen molar-refractivity contribution in [3.8, 4) is 0 Å². The average Bonchev–Trinajstić information content (AvgIpc) is 2.74. The highest BCUT2D eigenvalue weighted by atomic mass is 19.1. The van der Waals surface area contributed by atoms with Crippen molar-refractivity contribution in [2.75, 3.05) is 32.8 Å². The predicted molar refractivity (Wildman–Crippen MR) is 111 cm³/mol. The molecule has 0 aliphatic carbocycles. The van der Waals surface area contributed by atoms with Gasteiger partial charge in [-0.3, -0.25) is 4.79 Å². The molecule has 30 heavy (non-hydrogen) atoms. The standard InChI is InChI=1S/C24H29F2NO3/c1-2-29-23(28)17-18-11-13-27(14-12-18)15-16-30-24(19-3-7-21(25)8-4-19)20-5-9-22(26)10-6-20/h3-10,18,24H,2,11-17H2,1H3. The molecule has 0 bridgehead atoms. The van der Waals surface area contributed by atoms with Gasteiger partial charge in [-0.1, -0.05) is 24.3 Å². The van der Waals surface area contributed by atoms with Crippen LogP contribution in [-0.4, -0.2) is 43.7 Å². The molecule has 0 spiro atoms. The van der Waals surface area contributed by atoms with Gasteiger partial charge in [0.15, 0.2) is 0 Å². The summed E-state index contributed by atoms with van der Waals surface area (Å²) in [5, 5.41) is 0. The Labute approximate surface area is 176 Å². The van der Waals surface area contributed by atoms with Gasteiger partial charge >= 0.3 is 5.97 Å². The van der Waals surface area contributed by atoms with E-state index in [4.69, 9.17) is 9.47 Å². The van der Waals surface area contributed by atoms with E-state index in [-0.39, 0.29) is 23.7 Å². The molecule has 0 radical (unpaired) electrons. The first-order valence-electron chi connectivity index (χ1n) is 10.6. The van der Waals surface area contributed by atoms with E-state index >= 15 is 0 Å². The van der Waals surface area contributed by atoms with Crippen molar-refractivity contribution < 1.29 is 23.0 Å². The Balaban J connectivity index is 1.52. The van der Waals surface area contributed by atoms with Crippen LogP contribution in [0.2, 0.25) is 0 Å². The lowest BCUT2D eigenvalue weighted by molar-refractivity contribution is -0.144. The molecule has 162 valence electrons. The lowest BCUT2D eigenvalue weighted by Crippen LogP contribution is -2.36. The van der Waals surface area contributed by atoms with Crippen LogP contribution in [0.4, 0.5) is 8.78 Å². The third-order valence-corrected chi connectivity index (χ3v) is 5.51. The zero-order valence-corrected chi connectivity index (χ0v) is 17.4. The third kappa shape index (κ3) is 6.61. The quantitative estimate of drug-likeness (QED) is 0.553. The first-order valence-corrected chi connectivity index (χ1v) is 10.6. The van der Waals surface area contributed by atoms with Gasteiger partial charge in [0.2, 0.25) is 0 Å². The monoisotopic (exact) mass is 417 g/mol. The largest absolute Gasteiger partial charge is 0.466 e. The van der Waals surface area contributed by atoms with E-state index in [0.29, 0.717) is 25.6 Å². The van der Waals surface area contributed by atoms with Gasteiger partial charge in [-0.05, 0) is 74.2 Å². The summed E-state index contributed by atoms with van der Waals surface area (Å²) in [6, 6.07) is 12.4. The van der Waals surface area contributed by atoms with Gasteiger partial charge in [0.1, 0.15) is 17.7 Å². The normalized spacial score (nSPS) is 15.5. The number of piperidine rings is 1. The highest BCUT2D eigenvalue weighted by Gasteiger charge is 2.22. The highest BCUT2D eigenvalue weighted by Crippen LogP contribution is 2.27. The highest BCUT2D eigenvalue weighted by molar-refractivity contribution is 5.69. The second-order valence-electron chi connectivity index (χ2n) is 7.65. The van der Waals surface area contributed by atoms with Gasteiger partial charge in [-0.15, -0.1) is 0 Å². The van der Waals surface area contributed by atoms with Crippen LogP contribution in [0.15, 0.2) is 48.5 Å². The Bertz CT molecular complexity index is 742. The fourth-order valence-corrected chi connectivity index (χ4v) is 3.83. The molecule has 1 fully saturated rings. The SMILES string of the molecule is CCOC(=O)CC1CCN(CCOC(c2ccc(F)cc2)c2ccc(F)cc2)CC1. The molecule has 1 heterocycles. The van der Waals surface area contributed by atoms with Crippen molar-refractivity contribution >= 4 is 5.97 Å². The molecule has 2 aromatic carbocycles. The molecular weight excluding hydrogens is 388 g/mol. The van der Waals surface area contributed by atoms with E-state index in [1.54, 1.807) is 24.3 Å². The van der Waals surface area contributed by atoms with Crippen molar-refractivity contribution in [3.05, 3.63) is 71.3 Å². The van der Waals surface area contributed by atoms with E-state index in [2.05, 4.69) is 4.90 Å². The van der Waals surface area contributed by atoms with Crippen LogP contribution >= 0.6 is 0 Å². The number of carbonyl (C=O) groups excluding carboxylic acids is 1. The number of ether oxygens (including phenoxy) is 2. The van der Waals surface area contributed by atoms with Crippen molar-refractivity contribution in [3.63, 3.8) is 0 Å². The van der Waals surface area contributed by atoms with Gasteiger partial charge in [-0.2, -0.15) is 0 Å². The first-order chi connectivity index (χ1) is 14.5. The van der Waals surface area contributed by atoms with Gasteiger partial charge in [0, 0.05) is 13.0 Å². The number of rotatable bonds is 9. The van der Waals surface area contributed by atoms with Crippen LogP contribution in [0.3, 0.4) is 0 Å². The van der Waals surface area contributed by atoms with Crippen LogP contribution in [0.5, 0.6) is 0 Å². The summed E-state index contributed by atoms with van der Waals surface area (Å²) in [5.41, 5.74) is 1.66. The predicted octanol–water partition coefficient (Wildman–Crippen LogP) is 4.74. The van der Waals surface area contributed by atoms with Gasteiger partial charge in [-0.25, -0.2) is 8.78 Å². The number of halogens is 2. The molecule has 0 atom stereocenters. The van der Waals surface area contributed by atoms with Crippen LogP contribution in [0, 0.1) is 17.6 Å². The smallest absolute Gasteiger partial charge is 0.306 e. The Morgan fingerprint density at radius 3 is 2.03 bits per heavy atom. The minimum absolute atomic E-state index is 0.110. The summed E-state index contributed by atoms with van der Waals surface area (Å²) in [5.74, 6) is -0.335. The minimum Gasteiger partial charge on any atom is -0.466 e. The average molecular weight is 417 g/mol. The summed E-state index contributed by atoms with van der Waals surface area (Å²) >= 11 is 0. The van der Waals surface area contributed by atoms with Gasteiger partial charge in [0.05, 0.1) is 13.2 Å². The Kier molecular flexibility index (Phi) is 8.34. The summed E-state index contributed by atoms with van der Waals surface area (Å²) in [4.78, 5) is 14.0. The number of carbonyl (C=O) groups is 1. The second kappa shape index (κ2) is 11.2. The third-order valence-electron chi connectivity index (χ3n) is 5.51. The fourth-order valence-electron chi connectivity index (χ4n) is 3.83. The van der Waals surface area contributed by atoms with E-state index in [1.807, 2.05) is 6.92 Å². The molecule has 0 aromatic heterocycles. The van der Waals surface area contributed by atoms with Gasteiger partial charge < -0.3 is 14.4 Å². The number of likely N-dealkylation sites (tertiary alicyclic amines) is 1. The zero-order valence-electron chi connectivity index (χ0n) is 17.4. The molecule has 1 aliphatic rings. The molecule has 0 N–H and O–H groups in total. The van der Waals surface area contributed by atoms with Crippen molar-refractivity contribution in [2.24, 2.45) is 5.92 Å². The maximum absolute atomic E-state index is 13.3. The molecular formula is C24H29F2NO3. The minimum atomic E-state index is -0.382. The molecule has 1 aliphatic heterocycles. The summed E-state index contributed by atoms with van der Waals surface area (Å²) < 4.78 is 37.9. The fraction of sp³-hybridized carbons (Fsp3) is 0.458. The second-order valence-corrected chi connectivity index (χ2v) is 7.65. The van der Waals surface area contributed by atoms with Crippen LogP contribution in [-0.2, 0) is 14.3 Å². The number of nitrogens with zero attached hydrogens (tertiary/aromatic N) is 1. The lowest BCUT2D eigenvalue weighted by Gasteiger charge is -2.32. The molecule has 2 aromatic rings.